The van der Waals surface area contributed by atoms with Crippen LogP contribution < -0.4 is 5.32 Å². The summed E-state index contributed by atoms with van der Waals surface area (Å²) in [6.45, 7) is 2.48. The Hall–Kier alpha value is -3.07. The Kier molecular flexibility index (Phi) is 4.21. The van der Waals surface area contributed by atoms with Crippen molar-refractivity contribution in [2.75, 3.05) is 11.9 Å². The molecule has 2 aromatic heterocycles. The lowest BCUT2D eigenvalue weighted by atomic mass is 10.1. The predicted molar refractivity (Wildman–Crippen MR) is 96.2 cm³/mol. The fourth-order valence-corrected chi connectivity index (χ4v) is 3.85. The molecule has 26 heavy (non-hydrogen) atoms. The van der Waals surface area contributed by atoms with Gasteiger partial charge < -0.3 is 10.2 Å². The lowest BCUT2D eigenvalue weighted by Gasteiger charge is -2.25. The lowest BCUT2D eigenvalue weighted by Crippen LogP contribution is -2.35. The molecule has 0 atom stereocenters. The molecule has 0 unspecified atom stereocenters. The molecule has 0 fully saturated rings. The summed E-state index contributed by atoms with van der Waals surface area (Å²) >= 11 is 1.40. The van der Waals surface area contributed by atoms with Gasteiger partial charge in [-0.25, -0.2) is 4.98 Å². The standard InChI is InChI=1S/C17H16N6O2S/c1-11(24)19-17-20-13-7-8-22(10-15(13)26-17)16(25)14-9-18-23(21-14)12-5-3-2-4-6-12/h2-6,9H,7-8,10H2,1H3,(H,19,20,24). The molecule has 0 bridgehead atoms. The van der Waals surface area contributed by atoms with Gasteiger partial charge in [-0.1, -0.05) is 29.5 Å². The van der Waals surface area contributed by atoms with Crippen LogP contribution in [0.3, 0.4) is 0 Å². The summed E-state index contributed by atoms with van der Waals surface area (Å²) in [4.78, 5) is 32.5. The molecule has 0 radical (unpaired) electrons. The highest BCUT2D eigenvalue weighted by Crippen LogP contribution is 2.28. The largest absolute Gasteiger partial charge is 0.332 e. The van der Waals surface area contributed by atoms with E-state index in [4.69, 9.17) is 0 Å². The molecule has 9 heteroatoms. The number of carbonyl (C=O) groups excluding carboxylic acids is 2. The van der Waals surface area contributed by atoms with Gasteiger partial charge in [-0.2, -0.15) is 9.90 Å². The first-order chi connectivity index (χ1) is 12.6. The smallest absolute Gasteiger partial charge is 0.276 e. The van der Waals surface area contributed by atoms with Gasteiger partial charge in [0, 0.05) is 24.8 Å². The minimum absolute atomic E-state index is 0.151. The summed E-state index contributed by atoms with van der Waals surface area (Å²) in [6.07, 6.45) is 2.14. The molecule has 4 rings (SSSR count). The molecule has 3 aromatic rings. The third-order valence-corrected chi connectivity index (χ3v) is 5.00. The number of aromatic nitrogens is 4. The molecule has 2 amide bonds. The molecule has 8 nitrogen and oxygen atoms in total. The quantitative estimate of drug-likeness (QED) is 0.762. The molecule has 132 valence electrons. The first kappa shape index (κ1) is 16.4. The minimum atomic E-state index is -0.160. The lowest BCUT2D eigenvalue weighted by molar-refractivity contribution is -0.114. The number of nitrogens with zero attached hydrogens (tertiary/aromatic N) is 5. The van der Waals surface area contributed by atoms with E-state index >= 15 is 0 Å². The van der Waals surface area contributed by atoms with Crippen molar-refractivity contribution in [3.8, 4) is 5.69 Å². The normalized spacial score (nSPS) is 13.3. The maximum Gasteiger partial charge on any atom is 0.276 e. The van der Waals surface area contributed by atoms with Crippen LogP contribution in [-0.2, 0) is 17.8 Å². The van der Waals surface area contributed by atoms with E-state index in [2.05, 4.69) is 20.5 Å². The van der Waals surface area contributed by atoms with Crippen molar-refractivity contribution in [1.29, 1.82) is 0 Å². The van der Waals surface area contributed by atoms with Crippen LogP contribution in [-0.4, -0.2) is 43.2 Å². The van der Waals surface area contributed by atoms with Crippen molar-refractivity contribution in [3.05, 3.63) is 52.8 Å². The van der Waals surface area contributed by atoms with Gasteiger partial charge in [0.15, 0.2) is 10.8 Å². The number of thiazole rings is 1. The topological polar surface area (TPSA) is 93.0 Å². The molecule has 1 aromatic carbocycles. The van der Waals surface area contributed by atoms with E-state index in [1.54, 1.807) is 4.90 Å². The van der Waals surface area contributed by atoms with Crippen molar-refractivity contribution in [3.63, 3.8) is 0 Å². The van der Waals surface area contributed by atoms with Crippen LogP contribution in [0.15, 0.2) is 36.5 Å². The van der Waals surface area contributed by atoms with Crippen LogP contribution in [0.25, 0.3) is 5.69 Å². The number of amides is 2. The number of nitrogens with one attached hydrogen (secondary N) is 1. The number of para-hydroxylation sites is 1. The van der Waals surface area contributed by atoms with Gasteiger partial charge in [0.2, 0.25) is 5.91 Å². The van der Waals surface area contributed by atoms with Crippen molar-refractivity contribution in [2.45, 2.75) is 19.9 Å². The molecule has 0 saturated carbocycles. The average molecular weight is 368 g/mol. The fourth-order valence-electron chi connectivity index (χ4n) is 2.78. The zero-order valence-corrected chi connectivity index (χ0v) is 14.9. The maximum atomic E-state index is 12.8. The van der Waals surface area contributed by atoms with E-state index in [9.17, 15) is 9.59 Å². The van der Waals surface area contributed by atoms with Crippen LogP contribution in [0.2, 0.25) is 0 Å². The van der Waals surface area contributed by atoms with Gasteiger partial charge in [0.1, 0.15) is 0 Å². The molecule has 0 spiro atoms. The summed E-state index contributed by atoms with van der Waals surface area (Å²) < 4.78 is 0. The Morgan fingerprint density at radius 2 is 2.04 bits per heavy atom. The van der Waals surface area contributed by atoms with Crippen LogP contribution in [0.4, 0.5) is 5.13 Å². The number of carbonyl (C=O) groups is 2. The monoisotopic (exact) mass is 368 g/mol. The van der Waals surface area contributed by atoms with Gasteiger partial charge in [-0.15, -0.1) is 5.10 Å². The SMILES string of the molecule is CC(=O)Nc1nc2c(s1)CN(C(=O)c1cnn(-c3ccccc3)n1)CC2. The Labute approximate surface area is 153 Å². The Balaban J connectivity index is 1.50. The first-order valence-electron chi connectivity index (χ1n) is 8.13. The third-order valence-electron chi connectivity index (χ3n) is 4.00. The van der Waals surface area contributed by atoms with E-state index in [0.717, 1.165) is 16.3 Å². The second kappa shape index (κ2) is 6.68. The van der Waals surface area contributed by atoms with E-state index in [-0.39, 0.29) is 11.8 Å². The van der Waals surface area contributed by atoms with Gasteiger partial charge >= 0.3 is 0 Å². The molecular formula is C17H16N6O2S. The molecule has 1 N–H and O–H groups in total. The average Bonchev–Trinajstić information content (AvgIpc) is 3.27. The van der Waals surface area contributed by atoms with E-state index in [0.29, 0.717) is 30.3 Å². The second-order valence-electron chi connectivity index (χ2n) is 5.90. The molecular weight excluding hydrogens is 352 g/mol. The van der Waals surface area contributed by atoms with Crippen LogP contribution >= 0.6 is 11.3 Å². The van der Waals surface area contributed by atoms with Crippen molar-refractivity contribution in [1.82, 2.24) is 24.9 Å². The van der Waals surface area contributed by atoms with Gasteiger partial charge in [-0.3, -0.25) is 9.59 Å². The number of anilines is 1. The summed E-state index contributed by atoms with van der Waals surface area (Å²) in [5.41, 5.74) is 2.05. The first-order valence-corrected chi connectivity index (χ1v) is 8.95. The Morgan fingerprint density at radius 3 is 2.81 bits per heavy atom. The van der Waals surface area contributed by atoms with Crippen molar-refractivity contribution in [2.24, 2.45) is 0 Å². The van der Waals surface area contributed by atoms with E-state index < -0.39 is 0 Å². The Morgan fingerprint density at radius 1 is 1.23 bits per heavy atom. The highest BCUT2D eigenvalue weighted by molar-refractivity contribution is 7.15. The minimum Gasteiger partial charge on any atom is -0.332 e. The van der Waals surface area contributed by atoms with Gasteiger partial charge in [0.25, 0.3) is 5.91 Å². The molecule has 1 aliphatic rings. The summed E-state index contributed by atoms with van der Waals surface area (Å²) in [7, 11) is 0. The van der Waals surface area contributed by atoms with Crippen molar-refractivity contribution < 1.29 is 9.59 Å². The number of rotatable bonds is 3. The van der Waals surface area contributed by atoms with E-state index in [1.165, 1.54) is 29.3 Å². The second-order valence-corrected chi connectivity index (χ2v) is 6.99. The predicted octanol–water partition coefficient (Wildman–Crippen LogP) is 1.88. The van der Waals surface area contributed by atoms with Gasteiger partial charge in [0.05, 0.1) is 24.1 Å². The third kappa shape index (κ3) is 3.21. The summed E-state index contributed by atoms with van der Waals surface area (Å²) in [5.74, 6) is -0.311. The summed E-state index contributed by atoms with van der Waals surface area (Å²) in [6, 6.07) is 9.45. The highest BCUT2D eigenvalue weighted by Gasteiger charge is 2.26. The molecule has 0 saturated heterocycles. The number of hydrogen-bond donors (Lipinski definition) is 1. The van der Waals surface area contributed by atoms with Crippen molar-refractivity contribution >= 4 is 28.3 Å². The molecule has 0 aliphatic carbocycles. The van der Waals surface area contributed by atoms with Gasteiger partial charge in [-0.05, 0) is 12.1 Å². The Bertz CT molecular complexity index is 965. The zero-order chi connectivity index (χ0) is 18.1. The zero-order valence-electron chi connectivity index (χ0n) is 14.0. The highest BCUT2D eigenvalue weighted by atomic mass is 32.1. The number of hydrogen-bond acceptors (Lipinski definition) is 6. The fraction of sp³-hybridized carbons (Fsp3) is 0.235. The summed E-state index contributed by atoms with van der Waals surface area (Å²) in [5, 5.41) is 11.8. The van der Waals surface area contributed by atoms with E-state index in [1.807, 2.05) is 30.3 Å². The van der Waals surface area contributed by atoms with Crippen LogP contribution in [0.5, 0.6) is 0 Å². The van der Waals surface area contributed by atoms with Crippen LogP contribution in [0, 0.1) is 0 Å². The number of benzene rings is 1. The number of fused-ring (bicyclic) bond motifs is 1. The maximum absolute atomic E-state index is 12.8. The molecule has 1 aliphatic heterocycles. The van der Waals surface area contributed by atoms with Crippen LogP contribution in [0.1, 0.15) is 28.0 Å². The molecule has 3 heterocycles.